The molecule has 0 radical (unpaired) electrons. The number of rotatable bonds is 6. The summed E-state index contributed by atoms with van der Waals surface area (Å²) in [6.45, 7) is 5.67. The van der Waals surface area contributed by atoms with Crippen LogP contribution < -0.4 is 19.9 Å². The molecule has 0 spiro atoms. The minimum Gasteiger partial charge on any atom is -0.495 e. The monoisotopic (exact) mass is 451 g/mol. The molecule has 4 rings (SSSR count). The summed E-state index contributed by atoms with van der Waals surface area (Å²) in [4.78, 5) is 29.0. The lowest BCUT2D eigenvalue weighted by Gasteiger charge is -2.34. The summed E-state index contributed by atoms with van der Waals surface area (Å²) in [5.74, 6) is 0.273. The van der Waals surface area contributed by atoms with E-state index in [1.54, 1.807) is 11.7 Å². The lowest BCUT2D eigenvalue weighted by molar-refractivity contribution is -0.892. The molecule has 2 N–H and O–H groups in total. The largest absolute Gasteiger partial charge is 0.495 e. The van der Waals surface area contributed by atoms with Crippen molar-refractivity contribution in [3.63, 3.8) is 0 Å². The first-order valence-corrected chi connectivity index (χ1v) is 11.1. The average molecular weight is 452 g/mol. The number of piperazine rings is 1. The number of hydrogen-bond acceptors (Lipinski definition) is 5. The Kier molecular flexibility index (Phi) is 6.55. The molecule has 8 heteroatoms. The van der Waals surface area contributed by atoms with E-state index in [4.69, 9.17) is 9.47 Å². The van der Waals surface area contributed by atoms with E-state index >= 15 is 0 Å². The van der Waals surface area contributed by atoms with Crippen LogP contribution >= 0.6 is 0 Å². The molecule has 0 unspecified atom stereocenters. The van der Waals surface area contributed by atoms with Crippen molar-refractivity contribution in [1.82, 2.24) is 4.57 Å². The molecule has 3 aromatic rings. The molecule has 1 aromatic heterocycles. The summed E-state index contributed by atoms with van der Waals surface area (Å²) in [7, 11) is 4.84. The lowest BCUT2D eigenvalue weighted by Crippen LogP contribution is -3.15. The minimum atomic E-state index is -0.473. The SMILES string of the molecule is COC(=O)c1c(NC(=O)C[NH+]2CCN(c3ccccc3OC)CC2)c2cc(C)ccc2n1C. The molecule has 0 aliphatic carbocycles. The van der Waals surface area contributed by atoms with Crippen molar-refractivity contribution in [2.24, 2.45) is 7.05 Å². The molecule has 8 nitrogen and oxygen atoms in total. The Balaban J connectivity index is 1.47. The van der Waals surface area contributed by atoms with Crippen molar-refractivity contribution >= 4 is 34.2 Å². The van der Waals surface area contributed by atoms with Crippen molar-refractivity contribution in [2.75, 3.05) is 57.2 Å². The van der Waals surface area contributed by atoms with Crippen LogP contribution in [-0.2, 0) is 16.6 Å². The van der Waals surface area contributed by atoms with Crippen molar-refractivity contribution in [3.8, 4) is 5.75 Å². The van der Waals surface area contributed by atoms with Crippen LogP contribution in [0.2, 0.25) is 0 Å². The van der Waals surface area contributed by atoms with Gasteiger partial charge in [0.15, 0.2) is 12.2 Å². The Morgan fingerprint density at radius 3 is 2.52 bits per heavy atom. The molecule has 0 saturated carbocycles. The standard InChI is InChI=1S/C25H30N4O4/c1-17-9-10-19-18(15-17)23(24(27(19)2)25(31)33-4)26-22(30)16-28-11-13-29(14-12-28)20-7-5-6-8-21(20)32-3/h5-10,15H,11-14,16H2,1-4H3,(H,26,30)/p+1. The number of ether oxygens (including phenoxy) is 2. The highest BCUT2D eigenvalue weighted by atomic mass is 16.5. The average Bonchev–Trinajstić information content (AvgIpc) is 3.09. The molecule has 1 fully saturated rings. The summed E-state index contributed by atoms with van der Waals surface area (Å²) in [5.41, 5.74) is 3.87. The van der Waals surface area contributed by atoms with Crippen molar-refractivity contribution < 1.29 is 24.0 Å². The zero-order valence-electron chi connectivity index (χ0n) is 19.6. The van der Waals surface area contributed by atoms with Crippen LogP contribution in [0.15, 0.2) is 42.5 Å². The van der Waals surface area contributed by atoms with Crippen LogP contribution in [0.25, 0.3) is 10.9 Å². The smallest absolute Gasteiger partial charge is 0.356 e. The highest BCUT2D eigenvalue weighted by Crippen LogP contribution is 2.32. The number of anilines is 2. The van der Waals surface area contributed by atoms with Gasteiger partial charge in [-0.2, -0.15) is 0 Å². The predicted molar refractivity (Wildman–Crippen MR) is 128 cm³/mol. The highest BCUT2D eigenvalue weighted by molar-refractivity contribution is 6.11. The van der Waals surface area contributed by atoms with Crippen molar-refractivity contribution in [3.05, 3.63) is 53.7 Å². The predicted octanol–water partition coefficient (Wildman–Crippen LogP) is 1.63. The number of aromatic nitrogens is 1. The molecule has 0 bridgehead atoms. The van der Waals surface area contributed by atoms with Gasteiger partial charge in [-0.15, -0.1) is 0 Å². The molecule has 2 aromatic carbocycles. The van der Waals surface area contributed by atoms with E-state index in [1.807, 2.05) is 50.4 Å². The van der Waals surface area contributed by atoms with E-state index < -0.39 is 5.97 Å². The van der Waals surface area contributed by atoms with Gasteiger partial charge in [0.05, 0.1) is 57.3 Å². The maximum Gasteiger partial charge on any atom is 0.356 e. The molecule has 1 aliphatic heterocycles. The third kappa shape index (κ3) is 4.52. The van der Waals surface area contributed by atoms with Gasteiger partial charge >= 0.3 is 5.97 Å². The quantitative estimate of drug-likeness (QED) is 0.557. The zero-order chi connectivity index (χ0) is 23.5. The molecule has 0 atom stereocenters. The van der Waals surface area contributed by atoms with E-state index in [0.717, 1.165) is 54.1 Å². The number of para-hydroxylation sites is 2. The number of fused-ring (bicyclic) bond motifs is 1. The van der Waals surface area contributed by atoms with Crippen LogP contribution in [0, 0.1) is 6.92 Å². The van der Waals surface area contributed by atoms with E-state index in [9.17, 15) is 9.59 Å². The van der Waals surface area contributed by atoms with Gasteiger partial charge in [-0.3, -0.25) is 4.79 Å². The third-order valence-corrected chi connectivity index (χ3v) is 6.31. The molecular formula is C25H31N4O4+. The number of aryl methyl sites for hydroxylation is 2. The Hall–Kier alpha value is -3.52. The molecule has 33 heavy (non-hydrogen) atoms. The number of hydrogen-bond donors (Lipinski definition) is 2. The number of nitrogens with zero attached hydrogens (tertiary/aromatic N) is 2. The van der Waals surface area contributed by atoms with Gasteiger partial charge in [-0.25, -0.2) is 4.79 Å². The van der Waals surface area contributed by atoms with Gasteiger partial charge in [0.2, 0.25) is 0 Å². The van der Waals surface area contributed by atoms with Crippen LogP contribution in [0.3, 0.4) is 0 Å². The second kappa shape index (κ2) is 9.54. The van der Waals surface area contributed by atoms with E-state index in [1.165, 1.54) is 12.0 Å². The Labute approximate surface area is 193 Å². The second-order valence-electron chi connectivity index (χ2n) is 8.43. The van der Waals surface area contributed by atoms with Crippen LogP contribution in [-0.4, -0.2) is 63.4 Å². The Morgan fingerprint density at radius 1 is 1.09 bits per heavy atom. The van der Waals surface area contributed by atoms with Gasteiger partial charge in [0.1, 0.15) is 5.75 Å². The normalized spacial score (nSPS) is 14.4. The second-order valence-corrected chi connectivity index (χ2v) is 8.43. The fourth-order valence-corrected chi connectivity index (χ4v) is 4.56. The molecule has 1 amide bonds. The molecule has 174 valence electrons. The van der Waals surface area contributed by atoms with Gasteiger partial charge in [0, 0.05) is 12.4 Å². The van der Waals surface area contributed by atoms with E-state index in [0.29, 0.717) is 17.9 Å². The number of amides is 1. The van der Waals surface area contributed by atoms with Crippen molar-refractivity contribution in [2.45, 2.75) is 6.92 Å². The molecule has 1 saturated heterocycles. The summed E-state index contributed by atoms with van der Waals surface area (Å²) >= 11 is 0. The van der Waals surface area contributed by atoms with Gasteiger partial charge in [-0.05, 0) is 31.2 Å². The maximum absolute atomic E-state index is 13.0. The van der Waals surface area contributed by atoms with Crippen LogP contribution in [0.1, 0.15) is 16.1 Å². The fourth-order valence-electron chi connectivity index (χ4n) is 4.56. The number of nitrogens with one attached hydrogen (secondary N) is 2. The molecule has 1 aliphatic rings. The van der Waals surface area contributed by atoms with Gasteiger partial charge < -0.3 is 29.2 Å². The first-order chi connectivity index (χ1) is 15.9. The maximum atomic E-state index is 13.0. The fraction of sp³-hybridized carbons (Fsp3) is 0.360. The minimum absolute atomic E-state index is 0.116. The number of quaternary nitrogens is 1. The summed E-state index contributed by atoms with van der Waals surface area (Å²) in [5, 5.41) is 3.85. The highest BCUT2D eigenvalue weighted by Gasteiger charge is 2.27. The topological polar surface area (TPSA) is 77.2 Å². The van der Waals surface area contributed by atoms with Crippen molar-refractivity contribution in [1.29, 1.82) is 0 Å². The molecule has 2 heterocycles. The summed E-state index contributed by atoms with van der Waals surface area (Å²) < 4.78 is 12.3. The van der Waals surface area contributed by atoms with Gasteiger partial charge in [-0.1, -0.05) is 23.8 Å². The zero-order valence-corrected chi connectivity index (χ0v) is 19.6. The van der Waals surface area contributed by atoms with Gasteiger partial charge in [0.25, 0.3) is 5.91 Å². The number of benzene rings is 2. The number of carbonyl (C=O) groups excluding carboxylic acids is 2. The van der Waals surface area contributed by atoms with E-state index in [-0.39, 0.29) is 5.91 Å². The first kappa shape index (κ1) is 22.7. The van der Waals surface area contributed by atoms with Crippen LogP contribution in [0.4, 0.5) is 11.4 Å². The Morgan fingerprint density at radius 2 is 1.82 bits per heavy atom. The number of methoxy groups -OCH3 is 2. The Bertz CT molecular complexity index is 1180. The lowest BCUT2D eigenvalue weighted by atomic mass is 10.1. The number of carbonyl (C=O) groups is 2. The summed E-state index contributed by atoms with van der Waals surface area (Å²) in [6, 6.07) is 13.9. The first-order valence-electron chi connectivity index (χ1n) is 11.1. The van der Waals surface area contributed by atoms with Crippen LogP contribution in [0.5, 0.6) is 5.75 Å². The number of esters is 1. The summed E-state index contributed by atoms with van der Waals surface area (Å²) in [6.07, 6.45) is 0. The third-order valence-electron chi connectivity index (χ3n) is 6.31. The van der Waals surface area contributed by atoms with E-state index in [2.05, 4.69) is 16.3 Å². The molecular weight excluding hydrogens is 420 g/mol.